The maximum absolute atomic E-state index is 13.0. The van der Waals surface area contributed by atoms with Crippen molar-refractivity contribution in [3.8, 4) is 0 Å². The second-order valence-electron chi connectivity index (χ2n) is 3.96. The molecule has 0 bridgehead atoms. The number of rotatable bonds is 2. The Hall–Kier alpha value is -1.17. The Balaban J connectivity index is 3.17. The van der Waals surface area contributed by atoms with Crippen LogP contribution in [0.2, 0.25) is 0 Å². The smallest absolute Gasteiger partial charge is 0.319 e. The summed E-state index contributed by atoms with van der Waals surface area (Å²) in [5.41, 5.74) is 5.94. The number of hydrogen-bond donors (Lipinski definition) is 1. The van der Waals surface area contributed by atoms with Gasteiger partial charge < -0.3 is 5.73 Å². The molecule has 0 aromatic heterocycles. The molecule has 0 spiro atoms. The number of alkyl halides is 5. The van der Waals surface area contributed by atoms with E-state index < -0.39 is 18.1 Å². The Morgan fingerprint density at radius 2 is 1.59 bits per heavy atom. The highest BCUT2D eigenvalue weighted by atomic mass is 19.4. The van der Waals surface area contributed by atoms with Crippen LogP contribution in [0.1, 0.15) is 22.7 Å². The van der Waals surface area contributed by atoms with Crippen LogP contribution in [-0.4, -0.2) is 12.1 Å². The lowest BCUT2D eigenvalue weighted by atomic mass is 9.95. The highest BCUT2D eigenvalue weighted by molar-refractivity contribution is 5.34. The van der Waals surface area contributed by atoms with Gasteiger partial charge in [0, 0.05) is 0 Å². The van der Waals surface area contributed by atoms with Crippen molar-refractivity contribution in [1.82, 2.24) is 0 Å². The van der Waals surface area contributed by atoms with Crippen molar-refractivity contribution in [2.75, 3.05) is 0 Å². The Labute approximate surface area is 95.4 Å². The molecule has 0 aliphatic heterocycles. The van der Waals surface area contributed by atoms with Crippen molar-refractivity contribution in [1.29, 1.82) is 0 Å². The van der Waals surface area contributed by atoms with E-state index >= 15 is 0 Å². The van der Waals surface area contributed by atoms with Gasteiger partial charge in [0.2, 0.25) is 0 Å². The van der Waals surface area contributed by atoms with Gasteiger partial charge in [-0.15, -0.1) is 0 Å². The molecule has 0 aliphatic carbocycles. The first-order valence-electron chi connectivity index (χ1n) is 4.84. The van der Waals surface area contributed by atoms with Crippen LogP contribution in [0.15, 0.2) is 18.2 Å². The molecule has 0 saturated carbocycles. The minimum Gasteiger partial charge on any atom is -0.319 e. The Morgan fingerprint density at radius 1 is 1.06 bits per heavy atom. The van der Waals surface area contributed by atoms with Crippen molar-refractivity contribution in [2.24, 2.45) is 5.73 Å². The SMILES string of the molecule is Cc1ccc([C@@H](N)C(F)(F)C(F)(F)F)c(C)c1. The highest BCUT2D eigenvalue weighted by Gasteiger charge is 2.61. The van der Waals surface area contributed by atoms with Gasteiger partial charge in [0.05, 0.1) is 0 Å². The molecule has 0 amide bonds. The monoisotopic (exact) mass is 253 g/mol. The fourth-order valence-electron chi connectivity index (χ4n) is 1.55. The second kappa shape index (κ2) is 4.25. The van der Waals surface area contributed by atoms with E-state index in [-0.39, 0.29) is 5.56 Å². The van der Waals surface area contributed by atoms with Gasteiger partial charge in [0.25, 0.3) is 0 Å². The average Bonchev–Trinajstić information content (AvgIpc) is 2.14. The van der Waals surface area contributed by atoms with Crippen molar-refractivity contribution in [2.45, 2.75) is 32.0 Å². The molecule has 1 rings (SSSR count). The lowest BCUT2D eigenvalue weighted by Gasteiger charge is -2.27. The first-order chi connectivity index (χ1) is 7.57. The number of nitrogens with two attached hydrogens (primary N) is 1. The minimum atomic E-state index is -5.65. The van der Waals surface area contributed by atoms with E-state index in [1.807, 2.05) is 0 Å². The van der Waals surface area contributed by atoms with E-state index in [2.05, 4.69) is 0 Å². The van der Waals surface area contributed by atoms with Gasteiger partial charge in [-0.25, -0.2) is 0 Å². The molecule has 0 unspecified atom stereocenters. The maximum atomic E-state index is 13.0. The van der Waals surface area contributed by atoms with E-state index in [0.717, 1.165) is 5.56 Å². The van der Waals surface area contributed by atoms with Gasteiger partial charge in [-0.1, -0.05) is 23.8 Å². The first-order valence-corrected chi connectivity index (χ1v) is 4.84. The van der Waals surface area contributed by atoms with Crippen LogP contribution in [0.25, 0.3) is 0 Å². The zero-order valence-electron chi connectivity index (χ0n) is 9.28. The van der Waals surface area contributed by atoms with Gasteiger partial charge in [-0.05, 0) is 25.0 Å². The predicted octanol–water partition coefficient (Wildman–Crippen LogP) is 3.50. The summed E-state index contributed by atoms with van der Waals surface area (Å²) in [7, 11) is 0. The second-order valence-corrected chi connectivity index (χ2v) is 3.96. The zero-order chi connectivity index (χ0) is 13.4. The molecule has 0 saturated heterocycles. The molecule has 0 radical (unpaired) electrons. The van der Waals surface area contributed by atoms with Gasteiger partial charge in [-0.2, -0.15) is 22.0 Å². The maximum Gasteiger partial charge on any atom is 0.455 e. The van der Waals surface area contributed by atoms with Crippen LogP contribution >= 0.6 is 0 Å². The standard InChI is InChI=1S/C11H12F5N/c1-6-3-4-8(7(2)5-6)9(17)10(12,13)11(14,15)16/h3-5,9H,17H2,1-2H3/t9-/m1/s1. The molecule has 1 aromatic carbocycles. The molecule has 6 heteroatoms. The molecule has 0 aliphatic rings. The quantitative estimate of drug-likeness (QED) is 0.802. The Kier molecular flexibility index (Phi) is 3.47. The summed E-state index contributed by atoms with van der Waals surface area (Å²) in [6.45, 7) is 3.17. The van der Waals surface area contributed by atoms with Gasteiger partial charge >= 0.3 is 12.1 Å². The van der Waals surface area contributed by atoms with Crippen molar-refractivity contribution in [3.05, 3.63) is 34.9 Å². The van der Waals surface area contributed by atoms with Crippen LogP contribution < -0.4 is 5.73 Å². The van der Waals surface area contributed by atoms with Crippen LogP contribution in [0, 0.1) is 13.8 Å². The average molecular weight is 253 g/mol. The fourth-order valence-corrected chi connectivity index (χ4v) is 1.55. The highest BCUT2D eigenvalue weighted by Crippen LogP contribution is 2.43. The van der Waals surface area contributed by atoms with E-state index in [9.17, 15) is 22.0 Å². The first kappa shape index (κ1) is 13.9. The van der Waals surface area contributed by atoms with Crippen LogP contribution in [0.4, 0.5) is 22.0 Å². The molecule has 1 nitrogen and oxygen atoms in total. The van der Waals surface area contributed by atoms with Gasteiger partial charge in [0.1, 0.15) is 6.04 Å². The largest absolute Gasteiger partial charge is 0.455 e. The summed E-state index contributed by atoms with van der Waals surface area (Å²) in [6.07, 6.45) is -5.65. The molecule has 96 valence electrons. The van der Waals surface area contributed by atoms with Crippen LogP contribution in [0.3, 0.4) is 0 Å². The molecule has 0 fully saturated rings. The number of hydrogen-bond acceptors (Lipinski definition) is 1. The molecule has 1 aromatic rings. The van der Waals surface area contributed by atoms with Crippen molar-refractivity contribution in [3.63, 3.8) is 0 Å². The third-order valence-electron chi connectivity index (χ3n) is 2.53. The minimum absolute atomic E-state index is 0.196. The number of aryl methyl sites for hydroxylation is 2. The number of halogens is 5. The summed E-state index contributed by atoms with van der Waals surface area (Å²) < 4.78 is 62.5. The van der Waals surface area contributed by atoms with E-state index in [1.54, 1.807) is 6.92 Å². The lowest BCUT2D eigenvalue weighted by Crippen LogP contribution is -2.46. The summed E-state index contributed by atoms with van der Waals surface area (Å²) in [5.74, 6) is -4.94. The van der Waals surface area contributed by atoms with E-state index in [1.165, 1.54) is 25.1 Å². The molecule has 2 N–H and O–H groups in total. The molecule has 0 heterocycles. The molecular formula is C11H12F5N. The van der Waals surface area contributed by atoms with E-state index in [4.69, 9.17) is 5.73 Å². The Morgan fingerprint density at radius 3 is 2.00 bits per heavy atom. The summed E-state index contributed by atoms with van der Waals surface area (Å²) >= 11 is 0. The van der Waals surface area contributed by atoms with Crippen molar-refractivity contribution < 1.29 is 22.0 Å². The molecular weight excluding hydrogens is 241 g/mol. The number of benzene rings is 1. The van der Waals surface area contributed by atoms with Crippen LogP contribution in [-0.2, 0) is 0 Å². The molecule has 1 atom stereocenters. The third kappa shape index (κ3) is 2.57. The van der Waals surface area contributed by atoms with Crippen molar-refractivity contribution >= 4 is 0 Å². The summed E-state index contributed by atoms with van der Waals surface area (Å²) in [5, 5.41) is 0. The van der Waals surface area contributed by atoms with Gasteiger partial charge in [0.15, 0.2) is 0 Å². The fraction of sp³-hybridized carbons (Fsp3) is 0.455. The zero-order valence-corrected chi connectivity index (χ0v) is 9.28. The molecule has 17 heavy (non-hydrogen) atoms. The lowest BCUT2D eigenvalue weighted by molar-refractivity contribution is -0.291. The normalized spacial score (nSPS) is 14.8. The van der Waals surface area contributed by atoms with E-state index in [0.29, 0.717) is 5.56 Å². The Bertz CT molecular complexity index is 411. The summed E-state index contributed by atoms with van der Waals surface area (Å²) in [6, 6.07) is 1.79. The van der Waals surface area contributed by atoms with Crippen LogP contribution in [0.5, 0.6) is 0 Å². The third-order valence-corrected chi connectivity index (χ3v) is 2.53. The summed E-state index contributed by atoms with van der Waals surface area (Å²) in [4.78, 5) is 0. The topological polar surface area (TPSA) is 26.0 Å². The van der Waals surface area contributed by atoms with Gasteiger partial charge in [-0.3, -0.25) is 0 Å². The predicted molar refractivity (Wildman–Crippen MR) is 53.8 cm³/mol.